The summed E-state index contributed by atoms with van der Waals surface area (Å²) in [5.74, 6) is -0.0677. The van der Waals surface area contributed by atoms with Crippen LogP contribution in [0, 0.1) is 5.92 Å². The number of aromatic amines is 1. The van der Waals surface area contributed by atoms with Gasteiger partial charge in [-0.05, 0) is 53.8 Å². The van der Waals surface area contributed by atoms with Crippen molar-refractivity contribution in [3.8, 4) is 0 Å². The number of anilines is 1. The number of rotatable bonds is 9. The molecule has 2 atom stereocenters. The Morgan fingerprint density at radius 3 is 2.43 bits per heavy atom. The zero-order chi connectivity index (χ0) is 24.8. The first kappa shape index (κ1) is 24.4. The average Bonchev–Trinajstić information content (AvgIpc) is 3.40. The lowest BCUT2D eigenvalue weighted by Gasteiger charge is -2.35. The molecule has 1 aliphatic heterocycles. The number of thiol groups is 1. The van der Waals surface area contributed by atoms with E-state index in [2.05, 4.69) is 17.2 Å². The highest BCUT2D eigenvalue weighted by atomic mass is 32.2. The SMILES string of the molecule is CCC1CC(C=O)N(Cc2ccc(NC(=O)c3ccc[nH]3)cc2)N=C1c1ccc(C[SH](=O)=O)cc1. The minimum absolute atomic E-state index is 0.0140. The van der Waals surface area contributed by atoms with Crippen LogP contribution in [0.2, 0.25) is 0 Å². The molecular formula is C26H28N4O4S. The van der Waals surface area contributed by atoms with Gasteiger partial charge in [-0.1, -0.05) is 43.3 Å². The maximum absolute atomic E-state index is 12.2. The predicted octanol–water partition coefficient (Wildman–Crippen LogP) is 3.58. The molecule has 3 aromatic rings. The number of hydrazone groups is 1. The van der Waals surface area contributed by atoms with E-state index in [0.29, 0.717) is 24.3 Å². The summed E-state index contributed by atoms with van der Waals surface area (Å²) in [4.78, 5) is 27.0. The van der Waals surface area contributed by atoms with Crippen molar-refractivity contribution in [3.05, 3.63) is 89.2 Å². The van der Waals surface area contributed by atoms with Gasteiger partial charge in [-0.2, -0.15) is 5.10 Å². The first-order valence-corrected chi connectivity index (χ1v) is 12.9. The Labute approximate surface area is 206 Å². The first-order valence-electron chi connectivity index (χ1n) is 11.5. The van der Waals surface area contributed by atoms with E-state index >= 15 is 0 Å². The second-order valence-electron chi connectivity index (χ2n) is 8.55. The van der Waals surface area contributed by atoms with Crippen molar-refractivity contribution in [3.63, 3.8) is 0 Å². The Morgan fingerprint density at radius 2 is 1.83 bits per heavy atom. The van der Waals surface area contributed by atoms with Crippen molar-refractivity contribution < 1.29 is 18.0 Å². The molecule has 8 nitrogen and oxygen atoms in total. The largest absolute Gasteiger partial charge is 0.357 e. The minimum Gasteiger partial charge on any atom is -0.357 e. The summed E-state index contributed by atoms with van der Waals surface area (Å²) in [5.41, 5.74) is 4.69. The van der Waals surface area contributed by atoms with Gasteiger partial charge in [0.25, 0.3) is 5.91 Å². The van der Waals surface area contributed by atoms with Gasteiger partial charge in [-0.3, -0.25) is 9.80 Å². The van der Waals surface area contributed by atoms with E-state index in [1.165, 1.54) is 0 Å². The summed E-state index contributed by atoms with van der Waals surface area (Å²) in [6.07, 6.45) is 4.15. The summed E-state index contributed by atoms with van der Waals surface area (Å²) >= 11 is 0. The van der Waals surface area contributed by atoms with E-state index < -0.39 is 10.7 Å². The molecule has 2 unspecified atom stereocenters. The second-order valence-corrected chi connectivity index (χ2v) is 9.53. The van der Waals surface area contributed by atoms with Gasteiger partial charge in [0.1, 0.15) is 28.7 Å². The molecule has 0 fully saturated rings. The molecule has 2 heterocycles. The van der Waals surface area contributed by atoms with Crippen LogP contribution < -0.4 is 5.32 Å². The highest BCUT2D eigenvalue weighted by molar-refractivity contribution is 7.71. The number of carbonyl (C=O) groups excluding carboxylic acids is 2. The predicted molar refractivity (Wildman–Crippen MR) is 136 cm³/mol. The highest BCUT2D eigenvalue weighted by Crippen LogP contribution is 2.28. The van der Waals surface area contributed by atoms with Crippen LogP contribution in [0.3, 0.4) is 0 Å². The minimum atomic E-state index is -2.48. The molecule has 182 valence electrons. The number of nitrogens with one attached hydrogen (secondary N) is 2. The molecule has 0 radical (unpaired) electrons. The molecule has 0 bridgehead atoms. The van der Waals surface area contributed by atoms with Gasteiger partial charge in [0.15, 0.2) is 0 Å². The fourth-order valence-electron chi connectivity index (χ4n) is 4.23. The van der Waals surface area contributed by atoms with Gasteiger partial charge in [0.05, 0.1) is 18.0 Å². The smallest absolute Gasteiger partial charge is 0.272 e. The van der Waals surface area contributed by atoms with Gasteiger partial charge in [0, 0.05) is 17.8 Å². The molecule has 2 aromatic carbocycles. The number of aldehydes is 1. The molecule has 4 rings (SSSR count). The molecule has 1 aliphatic rings. The lowest BCUT2D eigenvalue weighted by molar-refractivity contribution is -0.113. The average molecular weight is 493 g/mol. The number of hydrogen-bond acceptors (Lipinski definition) is 6. The molecule has 0 spiro atoms. The highest BCUT2D eigenvalue weighted by Gasteiger charge is 2.30. The Hall–Kier alpha value is -3.72. The number of hydrogen-bond donors (Lipinski definition) is 3. The van der Waals surface area contributed by atoms with E-state index in [0.717, 1.165) is 35.1 Å². The lowest BCUT2D eigenvalue weighted by Crippen LogP contribution is -2.41. The molecular weight excluding hydrogens is 464 g/mol. The zero-order valence-corrected chi connectivity index (χ0v) is 20.3. The third-order valence-electron chi connectivity index (χ3n) is 6.14. The summed E-state index contributed by atoms with van der Waals surface area (Å²) < 4.78 is 22.0. The van der Waals surface area contributed by atoms with Gasteiger partial charge < -0.3 is 15.1 Å². The van der Waals surface area contributed by atoms with Gasteiger partial charge in [-0.15, -0.1) is 0 Å². The van der Waals surface area contributed by atoms with Crippen molar-refractivity contribution in [1.82, 2.24) is 9.99 Å². The quantitative estimate of drug-likeness (QED) is 0.312. The van der Waals surface area contributed by atoms with E-state index in [-0.39, 0.29) is 23.6 Å². The van der Waals surface area contributed by atoms with Crippen LogP contribution in [0.15, 0.2) is 72.0 Å². The Balaban J connectivity index is 1.52. The van der Waals surface area contributed by atoms with E-state index in [1.807, 2.05) is 53.5 Å². The number of amides is 1. The van der Waals surface area contributed by atoms with Crippen molar-refractivity contribution in [2.24, 2.45) is 11.0 Å². The zero-order valence-electron chi connectivity index (χ0n) is 19.4. The standard InChI is InChI=1S/C26H28N4O4S/c1-2-20-14-23(16-31)30(29-25(20)21-9-5-19(6-10-21)17-35(33)34)15-18-7-11-22(12-8-18)28-26(32)24-4-3-13-27-24/h3-13,16,20,23,27,35H,2,14-15,17H2,1H3,(H,28,32). The fraction of sp³-hybridized carbons (Fsp3) is 0.269. The van der Waals surface area contributed by atoms with Gasteiger partial charge >= 0.3 is 0 Å². The summed E-state index contributed by atoms with van der Waals surface area (Å²) in [6.45, 7) is 2.53. The Morgan fingerprint density at radius 1 is 1.11 bits per heavy atom. The summed E-state index contributed by atoms with van der Waals surface area (Å²) in [6, 6.07) is 18.0. The topological polar surface area (TPSA) is 112 Å². The molecule has 1 aromatic heterocycles. The lowest BCUT2D eigenvalue weighted by atomic mass is 9.87. The maximum Gasteiger partial charge on any atom is 0.272 e. The van der Waals surface area contributed by atoms with Crippen molar-refractivity contribution in [2.75, 3.05) is 5.32 Å². The monoisotopic (exact) mass is 492 g/mol. The van der Waals surface area contributed by atoms with Crippen LogP contribution in [0.1, 0.15) is 46.9 Å². The van der Waals surface area contributed by atoms with Crippen LogP contribution in [-0.2, 0) is 27.8 Å². The Kier molecular flexibility index (Phi) is 7.77. The molecule has 9 heteroatoms. The number of carbonyl (C=O) groups is 2. The fourth-order valence-corrected chi connectivity index (χ4v) is 4.74. The number of H-pyrrole nitrogens is 1. The van der Waals surface area contributed by atoms with Crippen molar-refractivity contribution in [1.29, 1.82) is 0 Å². The van der Waals surface area contributed by atoms with Gasteiger partial charge in [-0.25, -0.2) is 8.42 Å². The molecule has 0 saturated carbocycles. The normalized spacial score (nSPS) is 17.8. The van der Waals surface area contributed by atoms with Crippen LogP contribution >= 0.6 is 0 Å². The maximum atomic E-state index is 12.2. The molecule has 0 aliphatic carbocycles. The second kappa shape index (κ2) is 11.1. The number of nitrogens with zero attached hydrogens (tertiary/aromatic N) is 2. The first-order chi connectivity index (χ1) is 17.0. The number of benzene rings is 2. The molecule has 0 saturated heterocycles. The van der Waals surface area contributed by atoms with E-state index in [4.69, 9.17) is 5.10 Å². The van der Waals surface area contributed by atoms with E-state index in [9.17, 15) is 18.0 Å². The van der Waals surface area contributed by atoms with Crippen LogP contribution in [0.4, 0.5) is 5.69 Å². The van der Waals surface area contributed by atoms with Crippen LogP contribution in [-0.4, -0.2) is 42.4 Å². The van der Waals surface area contributed by atoms with Crippen LogP contribution in [0.5, 0.6) is 0 Å². The van der Waals surface area contributed by atoms with E-state index in [1.54, 1.807) is 18.3 Å². The molecule has 35 heavy (non-hydrogen) atoms. The van der Waals surface area contributed by atoms with Crippen LogP contribution in [0.25, 0.3) is 0 Å². The Bertz CT molecular complexity index is 1260. The van der Waals surface area contributed by atoms with Crippen molar-refractivity contribution >= 4 is 34.3 Å². The third kappa shape index (κ3) is 6.05. The van der Waals surface area contributed by atoms with Crippen molar-refractivity contribution in [2.45, 2.75) is 38.1 Å². The van der Waals surface area contributed by atoms with Gasteiger partial charge in [0.2, 0.25) is 0 Å². The molecule has 1 amide bonds. The third-order valence-corrected chi connectivity index (χ3v) is 6.77. The summed E-state index contributed by atoms with van der Waals surface area (Å²) in [7, 11) is -2.48. The molecule has 2 N–H and O–H groups in total. The summed E-state index contributed by atoms with van der Waals surface area (Å²) in [5, 5.41) is 9.53. The number of aromatic nitrogens is 1.